The van der Waals surface area contributed by atoms with Gasteiger partial charge in [-0.1, -0.05) is 60.0 Å². The molecule has 0 saturated carbocycles. The predicted molar refractivity (Wildman–Crippen MR) is 97.9 cm³/mol. The third-order valence-corrected chi connectivity index (χ3v) is 4.84. The van der Waals surface area contributed by atoms with E-state index in [9.17, 15) is 8.42 Å². The summed E-state index contributed by atoms with van der Waals surface area (Å²) in [5, 5.41) is 3.99. The molecule has 0 radical (unpaired) electrons. The molecule has 2 aromatic rings. The van der Waals surface area contributed by atoms with Crippen LogP contribution in [0, 0.1) is 19.3 Å². The average molecular weight is 338 g/mol. The Kier molecular flexibility index (Phi) is 5.94. The number of hydrogen-bond donors (Lipinski definition) is 0. The Hall–Kier alpha value is -2.84. The van der Waals surface area contributed by atoms with Gasteiger partial charge in [-0.05, 0) is 30.7 Å². The molecule has 0 aromatic heterocycles. The zero-order chi connectivity index (χ0) is 17.4. The maximum absolute atomic E-state index is 12.6. The summed E-state index contributed by atoms with van der Waals surface area (Å²) in [5.74, 6) is 2.32. The van der Waals surface area contributed by atoms with Crippen molar-refractivity contribution in [3.05, 3.63) is 71.8 Å². The van der Waals surface area contributed by atoms with Gasteiger partial charge in [0, 0.05) is 6.21 Å². The van der Waals surface area contributed by atoms with Crippen molar-refractivity contribution in [2.75, 3.05) is 6.54 Å². The van der Waals surface area contributed by atoms with E-state index in [-0.39, 0.29) is 11.4 Å². The van der Waals surface area contributed by atoms with E-state index in [0.717, 1.165) is 15.5 Å². The van der Waals surface area contributed by atoms with E-state index >= 15 is 0 Å². The molecule has 0 saturated heterocycles. The van der Waals surface area contributed by atoms with E-state index in [1.807, 2.05) is 43.3 Å². The van der Waals surface area contributed by atoms with Gasteiger partial charge in [0.1, 0.15) is 6.54 Å². The molecule has 0 heterocycles. The Bertz CT molecular complexity index is 862. The first kappa shape index (κ1) is 17.5. The molecule has 0 bridgehead atoms. The molecule has 0 spiro atoms. The number of terminal acetylenes is 1. The number of sulfonamides is 1. The van der Waals surface area contributed by atoms with Gasteiger partial charge in [-0.3, -0.25) is 0 Å². The summed E-state index contributed by atoms with van der Waals surface area (Å²) in [5.41, 5.74) is 1.97. The molecule has 5 heteroatoms. The van der Waals surface area contributed by atoms with Crippen LogP contribution in [-0.4, -0.2) is 25.6 Å². The van der Waals surface area contributed by atoms with Crippen molar-refractivity contribution >= 4 is 22.3 Å². The van der Waals surface area contributed by atoms with Crippen LogP contribution in [0.5, 0.6) is 0 Å². The molecule has 0 unspecified atom stereocenters. The summed E-state index contributed by atoms with van der Waals surface area (Å²) in [6.45, 7) is 1.76. The van der Waals surface area contributed by atoms with Crippen LogP contribution in [0.2, 0.25) is 0 Å². The van der Waals surface area contributed by atoms with Gasteiger partial charge in [0.15, 0.2) is 0 Å². The van der Waals surface area contributed by atoms with Crippen molar-refractivity contribution in [3.8, 4) is 12.3 Å². The fourth-order valence-electron chi connectivity index (χ4n) is 1.93. The normalized spacial score (nSPS) is 11.7. The first-order chi connectivity index (χ1) is 11.5. The molecule has 0 aliphatic carbocycles. The van der Waals surface area contributed by atoms with Crippen LogP contribution in [-0.2, 0) is 10.0 Å². The lowest BCUT2D eigenvalue weighted by atomic mass is 10.2. The van der Waals surface area contributed by atoms with Crippen LogP contribution in [0.1, 0.15) is 11.1 Å². The number of aryl methyl sites for hydroxylation is 1. The van der Waals surface area contributed by atoms with Gasteiger partial charge in [0.25, 0.3) is 10.0 Å². The second kappa shape index (κ2) is 8.14. The predicted octanol–water partition coefficient (Wildman–Crippen LogP) is 3.32. The lowest BCUT2D eigenvalue weighted by Crippen LogP contribution is -2.26. The highest BCUT2D eigenvalue weighted by Crippen LogP contribution is 2.16. The summed E-state index contributed by atoms with van der Waals surface area (Å²) in [6, 6.07) is 16.2. The highest BCUT2D eigenvalue weighted by Gasteiger charge is 2.21. The molecule has 0 aliphatic heterocycles. The second-order valence-corrected chi connectivity index (χ2v) is 6.88. The number of benzene rings is 2. The number of hydrazone groups is 1. The van der Waals surface area contributed by atoms with Crippen LogP contribution in [0.15, 0.2) is 70.7 Å². The lowest BCUT2D eigenvalue weighted by molar-refractivity contribution is 0.469. The molecule has 2 aromatic carbocycles. The van der Waals surface area contributed by atoms with Gasteiger partial charge in [-0.15, -0.1) is 6.42 Å². The molecule has 0 aliphatic rings. The Morgan fingerprint density at radius 3 is 2.42 bits per heavy atom. The fraction of sp³-hybridized carbons (Fsp3) is 0.105. The summed E-state index contributed by atoms with van der Waals surface area (Å²) in [7, 11) is -3.77. The van der Waals surface area contributed by atoms with Crippen LogP contribution in [0.4, 0.5) is 0 Å². The van der Waals surface area contributed by atoms with E-state index in [1.54, 1.807) is 30.3 Å². The van der Waals surface area contributed by atoms with E-state index in [1.165, 1.54) is 6.21 Å². The molecular formula is C19H18N2O2S. The largest absolute Gasteiger partial charge is 0.279 e. The highest BCUT2D eigenvalue weighted by atomic mass is 32.2. The Morgan fingerprint density at radius 1 is 1.12 bits per heavy atom. The minimum atomic E-state index is -3.77. The van der Waals surface area contributed by atoms with Gasteiger partial charge < -0.3 is 0 Å². The zero-order valence-corrected chi connectivity index (χ0v) is 14.1. The lowest BCUT2D eigenvalue weighted by Gasteiger charge is -2.16. The summed E-state index contributed by atoms with van der Waals surface area (Å²) < 4.78 is 26.1. The SMILES string of the molecule is C#CCN(/N=C/C=C/c1ccccc1)S(=O)(=O)c1ccc(C)cc1. The topological polar surface area (TPSA) is 49.7 Å². The van der Waals surface area contributed by atoms with Crippen molar-refractivity contribution in [2.45, 2.75) is 11.8 Å². The third-order valence-electron chi connectivity index (χ3n) is 3.19. The van der Waals surface area contributed by atoms with E-state index in [2.05, 4.69) is 11.0 Å². The fourth-order valence-corrected chi connectivity index (χ4v) is 3.08. The molecule has 0 amide bonds. The molecule has 24 heavy (non-hydrogen) atoms. The van der Waals surface area contributed by atoms with Gasteiger partial charge in [0.2, 0.25) is 0 Å². The smallest absolute Gasteiger partial charge is 0.200 e. The van der Waals surface area contributed by atoms with Crippen molar-refractivity contribution < 1.29 is 8.42 Å². The van der Waals surface area contributed by atoms with E-state index in [4.69, 9.17) is 6.42 Å². The Morgan fingerprint density at radius 2 is 1.79 bits per heavy atom. The van der Waals surface area contributed by atoms with Crippen molar-refractivity contribution in [1.29, 1.82) is 0 Å². The molecule has 0 fully saturated rings. The van der Waals surface area contributed by atoms with E-state index < -0.39 is 10.0 Å². The quantitative estimate of drug-likeness (QED) is 0.461. The van der Waals surface area contributed by atoms with E-state index in [0.29, 0.717) is 0 Å². The highest BCUT2D eigenvalue weighted by molar-refractivity contribution is 7.89. The van der Waals surface area contributed by atoms with Crippen molar-refractivity contribution in [2.24, 2.45) is 5.10 Å². The maximum atomic E-state index is 12.6. The first-order valence-corrected chi connectivity index (χ1v) is 8.76. The minimum Gasteiger partial charge on any atom is -0.200 e. The molecule has 4 nitrogen and oxygen atoms in total. The molecule has 0 atom stereocenters. The van der Waals surface area contributed by atoms with Crippen LogP contribution in [0.3, 0.4) is 0 Å². The molecule has 122 valence electrons. The van der Waals surface area contributed by atoms with Gasteiger partial charge in [-0.2, -0.15) is 17.9 Å². The van der Waals surface area contributed by atoms with Gasteiger partial charge >= 0.3 is 0 Å². The summed E-state index contributed by atoms with van der Waals surface area (Å²) in [4.78, 5) is 0.160. The summed E-state index contributed by atoms with van der Waals surface area (Å²) in [6.07, 6.45) is 10.2. The van der Waals surface area contributed by atoms with Crippen LogP contribution < -0.4 is 0 Å². The van der Waals surface area contributed by atoms with Crippen molar-refractivity contribution in [3.63, 3.8) is 0 Å². The number of nitrogens with zero attached hydrogens (tertiary/aromatic N) is 2. The standard InChI is InChI=1S/C19H18N2O2S/c1-3-16-21(20-15-7-10-18-8-5-4-6-9-18)24(22,23)19-13-11-17(2)12-14-19/h1,4-15H,16H2,2H3/b10-7+,20-15+. The minimum absolute atomic E-state index is 0.133. The van der Waals surface area contributed by atoms with Gasteiger partial charge in [-0.25, -0.2) is 0 Å². The van der Waals surface area contributed by atoms with Crippen LogP contribution >= 0.6 is 0 Å². The number of rotatable bonds is 6. The van der Waals surface area contributed by atoms with Crippen LogP contribution in [0.25, 0.3) is 6.08 Å². The maximum Gasteiger partial charge on any atom is 0.279 e. The summed E-state index contributed by atoms with van der Waals surface area (Å²) >= 11 is 0. The monoisotopic (exact) mass is 338 g/mol. The molecular weight excluding hydrogens is 320 g/mol. The molecule has 2 rings (SSSR count). The average Bonchev–Trinajstić information content (AvgIpc) is 2.59. The van der Waals surface area contributed by atoms with Gasteiger partial charge in [0.05, 0.1) is 4.90 Å². The number of allylic oxidation sites excluding steroid dienone is 1. The molecule has 0 N–H and O–H groups in total. The first-order valence-electron chi connectivity index (χ1n) is 7.32. The van der Waals surface area contributed by atoms with Crippen molar-refractivity contribution in [1.82, 2.24) is 4.41 Å². The zero-order valence-electron chi connectivity index (χ0n) is 13.3. The Balaban J connectivity index is 2.19. The Labute approximate surface area is 143 Å². The second-order valence-electron chi connectivity index (χ2n) is 5.04. The number of hydrogen-bond acceptors (Lipinski definition) is 3. The third kappa shape index (κ3) is 4.58.